The quantitative estimate of drug-likeness (QED) is 0.442. The maximum absolute atomic E-state index is 11.1. The van der Waals surface area contributed by atoms with E-state index in [1.807, 2.05) is 24.3 Å². The number of rotatable bonds is 6. The van der Waals surface area contributed by atoms with Gasteiger partial charge >= 0.3 is 12.1 Å². The van der Waals surface area contributed by atoms with E-state index in [0.29, 0.717) is 0 Å². The molecule has 2 aromatic carbocycles. The zero-order valence-electron chi connectivity index (χ0n) is 20.7. The summed E-state index contributed by atoms with van der Waals surface area (Å²) in [5.41, 5.74) is 8.80. The van der Waals surface area contributed by atoms with Crippen molar-refractivity contribution in [1.82, 2.24) is 4.90 Å². The van der Waals surface area contributed by atoms with E-state index >= 15 is 0 Å². The standard InChI is InChI=1S/C28H33N5O2S/c29-28(34)31-26-19-23-18-21(9-10-25(23)36-26)20-30-11-1-2-12-32-13-5-14-33(16-15-32)24-8-3-6-22-7-4-17-35-27(22)24/h3,6,8-10,18-19H,1-2,4-5,7,11-17H2,(H2-,29,31,34)/p+1. The lowest BCUT2D eigenvalue weighted by Gasteiger charge is -2.28. The molecule has 0 radical (unpaired) electrons. The van der Waals surface area contributed by atoms with E-state index in [9.17, 15) is 4.79 Å². The number of nitrogens with one attached hydrogen (secondary N) is 1. The highest BCUT2D eigenvalue weighted by Gasteiger charge is 2.21. The topological polar surface area (TPSA) is 75.2 Å². The molecular weight excluding hydrogens is 470 g/mol. The first-order valence-corrected chi connectivity index (χ1v) is 13.7. The molecule has 0 bridgehead atoms. The van der Waals surface area contributed by atoms with Gasteiger partial charge in [0.25, 0.3) is 6.54 Å². The van der Waals surface area contributed by atoms with Crippen molar-refractivity contribution in [1.29, 1.82) is 0 Å². The molecule has 8 heteroatoms. The summed E-state index contributed by atoms with van der Waals surface area (Å²) in [7, 11) is 0. The molecule has 1 aromatic heterocycles. The van der Waals surface area contributed by atoms with Crippen LogP contribution in [0.5, 0.6) is 5.75 Å². The molecule has 0 unspecified atom stereocenters. The molecule has 7 nitrogen and oxygen atoms in total. The third-order valence-electron chi connectivity index (χ3n) is 6.81. The van der Waals surface area contributed by atoms with Crippen LogP contribution < -0.4 is 20.7 Å². The van der Waals surface area contributed by atoms with Crippen LogP contribution >= 0.6 is 11.3 Å². The Morgan fingerprint density at radius 2 is 2.06 bits per heavy atom. The number of nitrogens with two attached hydrogens (primary N) is 1. The average Bonchev–Trinajstić information content (AvgIpc) is 3.12. The smallest absolute Gasteiger partial charge is 0.317 e. The molecule has 5 rings (SSSR count). The number of hydrogen-bond acceptors (Lipinski definition) is 5. The SMILES string of the molecule is NC(=O)Nc1cc2cc(C#[N+]CCCCN3CCCN(c4cccc5c4OCCC5)CC3)ccc2s1. The normalized spacial score (nSPS) is 15.9. The number of carbonyl (C=O) groups excluding carboxylic acids is 1. The number of aryl methyl sites for hydroxylation is 1. The van der Waals surface area contributed by atoms with Gasteiger partial charge in [0, 0.05) is 30.8 Å². The Balaban J connectivity index is 1.07. The average molecular weight is 505 g/mol. The first-order valence-electron chi connectivity index (χ1n) is 12.9. The molecule has 0 aliphatic carbocycles. The Bertz CT molecular complexity index is 1280. The van der Waals surface area contributed by atoms with Crippen LogP contribution in [-0.2, 0) is 6.42 Å². The number of ether oxygens (including phenoxy) is 1. The summed E-state index contributed by atoms with van der Waals surface area (Å²) >= 11 is 1.50. The summed E-state index contributed by atoms with van der Waals surface area (Å²) in [5.74, 6) is 1.12. The number of unbranched alkanes of at least 4 members (excludes halogenated alkanes) is 1. The van der Waals surface area contributed by atoms with Crippen molar-refractivity contribution in [3.05, 3.63) is 58.4 Å². The second-order valence-corrected chi connectivity index (χ2v) is 10.5. The molecule has 2 aliphatic rings. The van der Waals surface area contributed by atoms with Crippen molar-refractivity contribution in [2.24, 2.45) is 5.73 Å². The van der Waals surface area contributed by atoms with Gasteiger partial charge in [-0.1, -0.05) is 17.0 Å². The minimum atomic E-state index is -0.545. The van der Waals surface area contributed by atoms with Crippen molar-refractivity contribution in [3.8, 4) is 11.8 Å². The van der Waals surface area contributed by atoms with Crippen LogP contribution in [0, 0.1) is 6.07 Å². The molecule has 0 saturated carbocycles. The van der Waals surface area contributed by atoms with Crippen molar-refractivity contribution in [2.45, 2.75) is 32.1 Å². The van der Waals surface area contributed by atoms with Gasteiger partial charge in [-0.15, -0.1) is 11.3 Å². The molecule has 1 saturated heterocycles. The predicted octanol–water partition coefficient (Wildman–Crippen LogP) is 5.39. The highest BCUT2D eigenvalue weighted by molar-refractivity contribution is 7.22. The fourth-order valence-electron chi connectivity index (χ4n) is 5.03. The zero-order chi connectivity index (χ0) is 24.7. The van der Waals surface area contributed by atoms with E-state index in [1.165, 1.54) is 29.0 Å². The molecule has 188 valence electrons. The number of carbonyl (C=O) groups is 1. The van der Waals surface area contributed by atoms with Gasteiger partial charge in [0.15, 0.2) is 0 Å². The Kier molecular flexibility index (Phi) is 7.89. The Morgan fingerprint density at radius 1 is 1.11 bits per heavy atom. The molecule has 0 spiro atoms. The predicted molar refractivity (Wildman–Crippen MR) is 149 cm³/mol. The van der Waals surface area contributed by atoms with Crippen molar-refractivity contribution < 1.29 is 9.53 Å². The van der Waals surface area contributed by atoms with Crippen LogP contribution in [0.25, 0.3) is 14.9 Å². The number of primary amides is 1. The molecular formula is C28H34N5O2S+. The van der Waals surface area contributed by atoms with Gasteiger partial charge in [-0.25, -0.2) is 4.79 Å². The summed E-state index contributed by atoms with van der Waals surface area (Å²) in [6.45, 7) is 7.10. The summed E-state index contributed by atoms with van der Waals surface area (Å²) < 4.78 is 7.15. The number of benzene rings is 2. The highest BCUT2D eigenvalue weighted by Crippen LogP contribution is 2.36. The van der Waals surface area contributed by atoms with Gasteiger partial charge in [-0.3, -0.25) is 5.32 Å². The second-order valence-electron chi connectivity index (χ2n) is 9.45. The van der Waals surface area contributed by atoms with E-state index in [1.54, 1.807) is 0 Å². The van der Waals surface area contributed by atoms with Crippen LogP contribution in [0.4, 0.5) is 15.5 Å². The molecule has 2 amide bonds. The number of urea groups is 1. The highest BCUT2D eigenvalue weighted by atomic mass is 32.1. The van der Waals surface area contributed by atoms with E-state index in [2.05, 4.69) is 44.2 Å². The van der Waals surface area contributed by atoms with E-state index in [0.717, 1.165) is 98.0 Å². The fourth-order valence-corrected chi connectivity index (χ4v) is 5.97. The summed E-state index contributed by atoms with van der Waals surface area (Å²) in [4.78, 5) is 20.7. The van der Waals surface area contributed by atoms with Crippen molar-refractivity contribution >= 4 is 38.1 Å². The fraction of sp³-hybridized carbons (Fsp3) is 0.429. The van der Waals surface area contributed by atoms with Crippen LogP contribution in [0.3, 0.4) is 0 Å². The number of hydrogen-bond donors (Lipinski definition) is 2. The summed E-state index contributed by atoms with van der Waals surface area (Å²) in [6.07, 6.45) is 5.62. The first-order chi connectivity index (χ1) is 17.7. The third-order valence-corrected chi connectivity index (χ3v) is 7.84. The van der Waals surface area contributed by atoms with Crippen LogP contribution in [-0.4, -0.2) is 56.8 Å². The van der Waals surface area contributed by atoms with Gasteiger partial charge in [0.05, 0.1) is 17.3 Å². The molecule has 3 N–H and O–H groups in total. The largest absolute Gasteiger partial charge is 0.491 e. The minimum Gasteiger partial charge on any atom is -0.491 e. The summed E-state index contributed by atoms with van der Waals surface area (Å²) in [6, 6.07) is 17.2. The number of nitrogens with zero attached hydrogens (tertiary/aromatic N) is 3. The van der Waals surface area contributed by atoms with Crippen LogP contribution in [0.2, 0.25) is 0 Å². The second kappa shape index (κ2) is 11.6. The van der Waals surface area contributed by atoms with Crippen molar-refractivity contribution in [2.75, 3.05) is 56.1 Å². The van der Waals surface area contributed by atoms with Gasteiger partial charge in [0.2, 0.25) is 0 Å². The number of anilines is 2. The lowest BCUT2D eigenvalue weighted by Crippen LogP contribution is -2.32. The molecule has 3 heterocycles. The minimum absolute atomic E-state index is 0.545. The van der Waals surface area contributed by atoms with Gasteiger partial charge in [0.1, 0.15) is 11.3 Å². The number of thiophene rings is 1. The zero-order valence-corrected chi connectivity index (χ0v) is 21.5. The Labute approximate surface area is 216 Å². The number of para-hydroxylation sites is 1. The molecule has 1 fully saturated rings. The van der Waals surface area contributed by atoms with Crippen LogP contribution in [0.15, 0.2) is 42.5 Å². The van der Waals surface area contributed by atoms with Gasteiger partial charge in [-0.05, 0) is 80.1 Å². The lowest BCUT2D eigenvalue weighted by atomic mass is 10.0. The summed E-state index contributed by atoms with van der Waals surface area (Å²) in [5, 5.41) is 4.44. The van der Waals surface area contributed by atoms with E-state index in [-0.39, 0.29) is 0 Å². The Morgan fingerprint density at radius 3 is 2.97 bits per heavy atom. The van der Waals surface area contributed by atoms with E-state index < -0.39 is 6.03 Å². The molecule has 0 atom stereocenters. The lowest BCUT2D eigenvalue weighted by molar-refractivity contribution is 0.259. The molecule has 36 heavy (non-hydrogen) atoms. The van der Waals surface area contributed by atoms with E-state index in [4.69, 9.17) is 10.5 Å². The monoisotopic (exact) mass is 504 g/mol. The molecule has 2 aliphatic heterocycles. The third kappa shape index (κ3) is 6.10. The number of fused-ring (bicyclic) bond motifs is 2. The van der Waals surface area contributed by atoms with Crippen LogP contribution in [0.1, 0.15) is 36.8 Å². The molecule has 3 aromatic rings. The van der Waals surface area contributed by atoms with Crippen molar-refractivity contribution in [3.63, 3.8) is 0 Å². The van der Waals surface area contributed by atoms with Gasteiger partial charge in [-0.2, -0.15) is 0 Å². The maximum Gasteiger partial charge on any atom is 0.317 e. The Hall–Kier alpha value is -3.28. The van der Waals surface area contributed by atoms with Gasteiger partial charge < -0.3 is 20.3 Å². The first kappa shape index (κ1) is 24.4. The maximum atomic E-state index is 11.1. The number of amides is 2.